The van der Waals surface area contributed by atoms with Gasteiger partial charge in [0.25, 0.3) is 0 Å². The highest BCUT2D eigenvalue weighted by Gasteiger charge is 2.01. The van der Waals surface area contributed by atoms with Gasteiger partial charge >= 0.3 is 0 Å². The van der Waals surface area contributed by atoms with Crippen molar-refractivity contribution in [2.45, 2.75) is 5.75 Å². The molecular formula is C18H16ClN3O2S. The molecule has 2 aromatic carbocycles. The fourth-order valence-corrected chi connectivity index (χ4v) is 2.85. The molecular weight excluding hydrogens is 358 g/mol. The number of thioether (sulfide) groups is 1. The average molecular weight is 374 g/mol. The number of carbonyl (C=O) groups excluding carboxylic acids is 1. The van der Waals surface area contributed by atoms with E-state index in [0.717, 1.165) is 11.1 Å². The van der Waals surface area contributed by atoms with Crippen LogP contribution >= 0.6 is 23.4 Å². The topological polar surface area (TPSA) is 74.5 Å². The third kappa shape index (κ3) is 7.29. The lowest BCUT2D eigenvalue weighted by Crippen LogP contribution is -2.19. The molecule has 0 unspecified atom stereocenters. The van der Waals surface area contributed by atoms with Crippen LogP contribution < -0.4 is 10.2 Å². The van der Waals surface area contributed by atoms with E-state index in [2.05, 4.69) is 10.5 Å². The van der Waals surface area contributed by atoms with Gasteiger partial charge in [-0.15, -0.1) is 11.8 Å². The van der Waals surface area contributed by atoms with Gasteiger partial charge in [0, 0.05) is 10.8 Å². The molecule has 0 heterocycles. The zero-order valence-electron chi connectivity index (χ0n) is 13.3. The molecule has 0 saturated carbocycles. The summed E-state index contributed by atoms with van der Waals surface area (Å²) in [6.45, 7) is 0.0103. The van der Waals surface area contributed by atoms with Gasteiger partial charge in [-0.2, -0.15) is 10.4 Å². The molecule has 25 heavy (non-hydrogen) atoms. The maximum Gasteiger partial charge on any atom is 0.250 e. The third-order valence-corrected chi connectivity index (χ3v) is 4.22. The van der Waals surface area contributed by atoms with E-state index in [1.54, 1.807) is 30.5 Å². The van der Waals surface area contributed by atoms with E-state index in [9.17, 15) is 4.79 Å². The van der Waals surface area contributed by atoms with Crippen molar-refractivity contribution in [3.8, 4) is 11.8 Å². The largest absolute Gasteiger partial charge is 0.479 e. The predicted octanol–water partition coefficient (Wildman–Crippen LogP) is 3.63. The van der Waals surface area contributed by atoms with Gasteiger partial charge in [0.2, 0.25) is 5.91 Å². The first-order valence-electron chi connectivity index (χ1n) is 7.41. The number of amides is 1. The van der Waals surface area contributed by atoms with Crippen molar-refractivity contribution in [2.75, 3.05) is 12.4 Å². The maximum atomic E-state index is 11.7. The fourth-order valence-electron chi connectivity index (χ4n) is 1.87. The molecule has 2 rings (SSSR count). The summed E-state index contributed by atoms with van der Waals surface area (Å²) in [7, 11) is 0. The van der Waals surface area contributed by atoms with E-state index < -0.39 is 0 Å². The summed E-state index contributed by atoms with van der Waals surface area (Å²) in [6, 6.07) is 16.5. The van der Waals surface area contributed by atoms with Crippen LogP contribution in [0.25, 0.3) is 0 Å². The van der Waals surface area contributed by atoms with Crippen molar-refractivity contribution in [1.82, 2.24) is 5.43 Å². The van der Waals surface area contributed by atoms with E-state index in [4.69, 9.17) is 21.6 Å². The molecule has 1 amide bonds. The first-order valence-corrected chi connectivity index (χ1v) is 8.94. The molecule has 0 fully saturated rings. The highest BCUT2D eigenvalue weighted by Crippen LogP contribution is 2.16. The van der Waals surface area contributed by atoms with E-state index in [-0.39, 0.29) is 12.5 Å². The number of benzene rings is 2. The Morgan fingerprint density at radius 2 is 2.12 bits per heavy atom. The van der Waals surface area contributed by atoms with Gasteiger partial charge in [-0.25, -0.2) is 5.43 Å². The minimum atomic E-state index is -0.169. The van der Waals surface area contributed by atoms with Crippen LogP contribution in [0.5, 0.6) is 5.75 Å². The maximum absolute atomic E-state index is 11.7. The van der Waals surface area contributed by atoms with E-state index in [0.29, 0.717) is 22.3 Å². The molecule has 5 nitrogen and oxygen atoms in total. The Kier molecular flexibility index (Phi) is 7.83. The zero-order chi connectivity index (χ0) is 17.9. The van der Waals surface area contributed by atoms with E-state index in [1.807, 2.05) is 30.3 Å². The first-order chi connectivity index (χ1) is 12.2. The van der Waals surface area contributed by atoms with E-state index >= 15 is 0 Å². The van der Waals surface area contributed by atoms with Gasteiger partial charge in [0.1, 0.15) is 11.8 Å². The second-order valence-corrected chi connectivity index (χ2v) is 6.35. The monoisotopic (exact) mass is 373 g/mol. The number of rotatable bonds is 8. The lowest BCUT2D eigenvalue weighted by Gasteiger charge is -2.02. The molecule has 0 saturated heterocycles. The average Bonchev–Trinajstić information content (AvgIpc) is 2.61. The molecule has 0 atom stereocenters. The minimum absolute atomic E-state index is 0.0103. The number of hydrogen-bond acceptors (Lipinski definition) is 5. The molecule has 0 bridgehead atoms. The molecule has 0 radical (unpaired) electrons. The summed E-state index contributed by atoms with van der Waals surface area (Å²) >= 11 is 7.41. The summed E-state index contributed by atoms with van der Waals surface area (Å²) in [5.74, 6) is 1.46. The molecule has 7 heteroatoms. The Hall–Kier alpha value is -2.49. The molecule has 128 valence electrons. The molecule has 0 aliphatic carbocycles. The predicted molar refractivity (Wildman–Crippen MR) is 101 cm³/mol. The second kappa shape index (κ2) is 10.4. The molecule has 0 aromatic heterocycles. The first kappa shape index (κ1) is 18.8. The van der Waals surface area contributed by atoms with Crippen molar-refractivity contribution in [3.05, 3.63) is 64.7 Å². The molecule has 2 aromatic rings. The van der Waals surface area contributed by atoms with Gasteiger partial charge in [-0.3, -0.25) is 4.79 Å². The summed E-state index contributed by atoms with van der Waals surface area (Å²) < 4.78 is 5.15. The van der Waals surface area contributed by atoms with Crippen molar-refractivity contribution < 1.29 is 9.53 Å². The van der Waals surface area contributed by atoms with Crippen LogP contribution in [0, 0.1) is 11.3 Å². The van der Waals surface area contributed by atoms with Gasteiger partial charge in [-0.05, 0) is 47.5 Å². The number of nitriles is 1. The molecule has 0 aliphatic rings. The Morgan fingerprint density at radius 1 is 1.32 bits per heavy atom. The second-order valence-electron chi connectivity index (χ2n) is 4.93. The number of hydrazone groups is 1. The Morgan fingerprint density at radius 3 is 2.84 bits per heavy atom. The number of nitrogens with one attached hydrogen (secondary N) is 1. The van der Waals surface area contributed by atoms with Crippen molar-refractivity contribution in [2.24, 2.45) is 5.10 Å². The Bertz CT molecular complexity index is 773. The smallest absolute Gasteiger partial charge is 0.250 e. The summed E-state index contributed by atoms with van der Waals surface area (Å²) in [5.41, 5.74) is 4.38. The SMILES string of the molecule is N#CCOc1ccc(/C=N\NC(=O)CSCc2cccc(Cl)c2)cc1. The van der Waals surface area contributed by atoms with Crippen LogP contribution in [0.3, 0.4) is 0 Å². The highest BCUT2D eigenvalue weighted by molar-refractivity contribution is 7.99. The normalized spacial score (nSPS) is 10.4. The van der Waals surface area contributed by atoms with Crippen LogP contribution in [-0.4, -0.2) is 24.5 Å². The van der Waals surface area contributed by atoms with Gasteiger partial charge in [0.15, 0.2) is 6.61 Å². The van der Waals surface area contributed by atoms with Crippen LogP contribution in [0.2, 0.25) is 5.02 Å². The van der Waals surface area contributed by atoms with Gasteiger partial charge in [-0.1, -0.05) is 23.7 Å². The van der Waals surface area contributed by atoms with Crippen molar-refractivity contribution >= 4 is 35.5 Å². The molecule has 0 spiro atoms. The minimum Gasteiger partial charge on any atom is -0.479 e. The van der Waals surface area contributed by atoms with Crippen LogP contribution in [0.15, 0.2) is 53.6 Å². The summed E-state index contributed by atoms with van der Waals surface area (Å²) in [6.07, 6.45) is 1.55. The third-order valence-electron chi connectivity index (χ3n) is 2.98. The van der Waals surface area contributed by atoms with Crippen molar-refractivity contribution in [3.63, 3.8) is 0 Å². The van der Waals surface area contributed by atoms with Gasteiger partial charge in [0.05, 0.1) is 12.0 Å². The number of halogens is 1. The zero-order valence-corrected chi connectivity index (χ0v) is 14.9. The number of nitrogens with zero attached hydrogens (tertiary/aromatic N) is 2. The lowest BCUT2D eigenvalue weighted by atomic mass is 10.2. The van der Waals surface area contributed by atoms with Crippen LogP contribution in [0.4, 0.5) is 0 Å². The lowest BCUT2D eigenvalue weighted by molar-refractivity contribution is -0.118. The Balaban J connectivity index is 1.70. The molecule has 1 N–H and O–H groups in total. The summed E-state index contributed by atoms with van der Waals surface area (Å²) in [4.78, 5) is 11.7. The highest BCUT2D eigenvalue weighted by atomic mass is 35.5. The standard InChI is InChI=1S/C18H16ClN3O2S/c19-16-3-1-2-15(10-16)12-25-13-18(23)22-21-11-14-4-6-17(7-5-14)24-9-8-20/h1-7,10-11H,9,12-13H2,(H,22,23)/b21-11-. The summed E-state index contributed by atoms with van der Waals surface area (Å²) in [5, 5.41) is 13.1. The van der Waals surface area contributed by atoms with Crippen LogP contribution in [0.1, 0.15) is 11.1 Å². The van der Waals surface area contributed by atoms with Crippen molar-refractivity contribution in [1.29, 1.82) is 5.26 Å². The van der Waals surface area contributed by atoms with Crippen LogP contribution in [-0.2, 0) is 10.5 Å². The fraction of sp³-hybridized carbons (Fsp3) is 0.167. The van der Waals surface area contributed by atoms with Gasteiger partial charge < -0.3 is 4.74 Å². The number of carbonyl (C=O) groups is 1. The van der Waals surface area contributed by atoms with E-state index in [1.165, 1.54) is 11.8 Å². The quantitative estimate of drug-likeness (QED) is 0.566. The number of hydrogen-bond donors (Lipinski definition) is 1. The Labute approximate surface area is 155 Å². The molecule has 0 aliphatic heterocycles. The number of ether oxygens (including phenoxy) is 1.